The maximum absolute atomic E-state index is 12.6. The van der Waals surface area contributed by atoms with E-state index in [0.717, 1.165) is 97.2 Å². The van der Waals surface area contributed by atoms with Gasteiger partial charge in [0.25, 0.3) is 0 Å². The van der Waals surface area contributed by atoms with Gasteiger partial charge in [-0.1, -0.05) is 140 Å². The molecule has 0 saturated heterocycles. The molecule has 0 aromatic heterocycles. The van der Waals surface area contributed by atoms with Crippen molar-refractivity contribution < 1.29 is 38.1 Å². The summed E-state index contributed by atoms with van der Waals surface area (Å²) in [5, 5.41) is 0. The zero-order chi connectivity index (χ0) is 70.7. The minimum absolute atomic E-state index is 0.00345. The van der Waals surface area contributed by atoms with Crippen LogP contribution in [-0.2, 0) is 33.3 Å². The SMILES string of the molecule is CC.CC.CC.CCC(C)(C)C(=O)OC(C)(C)C12CC3CC(CC(C3)C1)C2.CCC(C)(C)C(=O)OC1(C)C2CC3CC(C2)CC1C3.CCC(C)(C)C(=O)OC1(C)CCCC2CCCCC21.CCC(C)c1ccc(OC(OCCC2CCCCC2)C23CC4CC(CC(C4)C2)C3)cc1. The average molecular weight is 1340 g/mol. The molecule has 15 aliphatic rings. The molecular formula is C88H152O8. The first-order valence-electron chi connectivity index (χ1n) is 41.6. The Morgan fingerprint density at radius 1 is 0.500 bits per heavy atom. The number of benzene rings is 1. The van der Waals surface area contributed by atoms with Gasteiger partial charge in [0, 0.05) is 16.7 Å². The minimum Gasteiger partial charge on any atom is -0.464 e. The molecular weight excluding hydrogens is 1180 g/mol. The predicted molar refractivity (Wildman–Crippen MR) is 400 cm³/mol. The fraction of sp³-hybridized carbons (Fsp3) is 0.898. The first-order chi connectivity index (χ1) is 45.5. The van der Waals surface area contributed by atoms with Crippen LogP contribution in [0, 0.1) is 104 Å². The lowest BCUT2D eigenvalue weighted by molar-refractivity contribution is -0.216. The van der Waals surface area contributed by atoms with Crippen LogP contribution in [0.5, 0.6) is 5.75 Å². The van der Waals surface area contributed by atoms with Crippen molar-refractivity contribution in [2.45, 2.75) is 393 Å². The zero-order valence-corrected chi connectivity index (χ0v) is 66.5. The lowest BCUT2D eigenvalue weighted by Crippen LogP contribution is -2.58. The van der Waals surface area contributed by atoms with E-state index in [1.165, 1.54) is 198 Å². The molecule has 0 radical (unpaired) electrons. The molecule has 1 aromatic rings. The lowest BCUT2D eigenvalue weighted by atomic mass is 9.46. The van der Waals surface area contributed by atoms with Crippen LogP contribution >= 0.6 is 0 Å². The molecule has 5 atom stereocenters. The molecule has 8 heteroatoms. The van der Waals surface area contributed by atoms with Crippen molar-refractivity contribution in [2.24, 2.45) is 104 Å². The van der Waals surface area contributed by atoms with Gasteiger partial charge in [-0.25, -0.2) is 0 Å². The van der Waals surface area contributed by atoms with Crippen molar-refractivity contribution in [2.75, 3.05) is 6.61 Å². The quantitative estimate of drug-likeness (QED) is 0.0768. The van der Waals surface area contributed by atoms with E-state index in [1.807, 2.05) is 83.1 Å². The smallest absolute Gasteiger partial charge is 0.312 e. The average Bonchev–Trinajstić information content (AvgIpc) is 0.741. The van der Waals surface area contributed by atoms with E-state index in [4.69, 9.17) is 23.7 Å². The normalized spacial score (nSPS) is 35.6. The molecule has 0 N–H and O–H groups in total. The van der Waals surface area contributed by atoms with Crippen molar-refractivity contribution in [3.05, 3.63) is 29.8 Å². The zero-order valence-electron chi connectivity index (χ0n) is 66.5. The topological polar surface area (TPSA) is 97.4 Å². The fourth-order valence-electron chi connectivity index (χ4n) is 22.0. The van der Waals surface area contributed by atoms with Crippen molar-refractivity contribution in [3.63, 3.8) is 0 Å². The van der Waals surface area contributed by atoms with Crippen LogP contribution in [0.4, 0.5) is 0 Å². The Labute approximate surface area is 591 Å². The number of rotatable bonds is 19. The lowest BCUT2D eigenvalue weighted by Gasteiger charge is -2.61. The fourth-order valence-corrected chi connectivity index (χ4v) is 22.0. The third kappa shape index (κ3) is 19.0. The van der Waals surface area contributed by atoms with Gasteiger partial charge in [-0.3, -0.25) is 14.4 Å². The van der Waals surface area contributed by atoms with Crippen LogP contribution in [0.3, 0.4) is 0 Å². The van der Waals surface area contributed by atoms with E-state index < -0.39 is 0 Å². The van der Waals surface area contributed by atoms with Crippen LogP contribution in [0.25, 0.3) is 0 Å². The van der Waals surface area contributed by atoms with Crippen LogP contribution in [0.1, 0.15) is 375 Å². The largest absolute Gasteiger partial charge is 0.464 e. The molecule has 0 heterocycles. The summed E-state index contributed by atoms with van der Waals surface area (Å²) < 4.78 is 31.8. The van der Waals surface area contributed by atoms with Gasteiger partial charge in [-0.15, -0.1) is 0 Å². The van der Waals surface area contributed by atoms with E-state index in [9.17, 15) is 14.4 Å². The van der Waals surface area contributed by atoms with Crippen LogP contribution in [0.2, 0.25) is 0 Å². The second-order valence-corrected chi connectivity index (χ2v) is 36.7. The number of fused-ring (bicyclic) bond motifs is 1. The highest BCUT2D eigenvalue weighted by Gasteiger charge is 2.61. The summed E-state index contributed by atoms with van der Waals surface area (Å²) in [5.41, 5.74) is 0.204. The Morgan fingerprint density at radius 2 is 0.917 bits per heavy atom. The van der Waals surface area contributed by atoms with Crippen LogP contribution in [-0.4, -0.2) is 47.6 Å². The summed E-state index contributed by atoms with van der Waals surface area (Å²) >= 11 is 0. The molecule has 5 unspecified atom stereocenters. The molecule has 1 aromatic carbocycles. The van der Waals surface area contributed by atoms with Gasteiger partial charge in [-0.05, 0) is 331 Å². The molecule has 8 nitrogen and oxygen atoms in total. The summed E-state index contributed by atoms with van der Waals surface area (Å²) in [5.74, 6) is 12.5. The monoisotopic (exact) mass is 1340 g/mol. The second-order valence-electron chi connectivity index (χ2n) is 36.7. The molecule has 0 aliphatic heterocycles. The highest BCUT2D eigenvalue weighted by Crippen LogP contribution is 2.66. The second kappa shape index (κ2) is 34.6. The number of hydrogen-bond acceptors (Lipinski definition) is 8. The predicted octanol–water partition coefficient (Wildman–Crippen LogP) is 25.0. The molecule has 12 bridgehead atoms. The van der Waals surface area contributed by atoms with Crippen molar-refractivity contribution in [1.82, 2.24) is 0 Å². The molecule has 15 saturated carbocycles. The third-order valence-electron chi connectivity index (χ3n) is 28.7. The van der Waals surface area contributed by atoms with Gasteiger partial charge in [0.15, 0.2) is 0 Å². The van der Waals surface area contributed by atoms with E-state index >= 15 is 0 Å². The van der Waals surface area contributed by atoms with Gasteiger partial charge in [0.05, 0.1) is 22.9 Å². The van der Waals surface area contributed by atoms with Crippen molar-refractivity contribution in [3.8, 4) is 5.75 Å². The van der Waals surface area contributed by atoms with Crippen LogP contribution in [0.15, 0.2) is 24.3 Å². The van der Waals surface area contributed by atoms with Crippen molar-refractivity contribution >= 4 is 17.9 Å². The maximum atomic E-state index is 12.6. The highest BCUT2D eigenvalue weighted by molar-refractivity contribution is 5.77. The minimum atomic E-state index is -0.362. The Morgan fingerprint density at radius 3 is 1.39 bits per heavy atom. The van der Waals surface area contributed by atoms with Crippen LogP contribution < -0.4 is 4.74 Å². The van der Waals surface area contributed by atoms with Gasteiger partial charge in [0.1, 0.15) is 22.6 Å². The summed E-state index contributed by atoms with van der Waals surface area (Å²) in [6.07, 6.45) is 44.0. The first kappa shape index (κ1) is 80.7. The molecule has 15 aliphatic carbocycles. The summed E-state index contributed by atoms with van der Waals surface area (Å²) in [4.78, 5) is 37.5. The number of carbonyl (C=O) groups excluding carboxylic acids is 3. The maximum Gasteiger partial charge on any atom is 0.312 e. The molecule has 96 heavy (non-hydrogen) atoms. The molecule has 0 amide bonds. The third-order valence-corrected chi connectivity index (χ3v) is 28.7. The Balaban J connectivity index is 0.000000180. The van der Waals surface area contributed by atoms with Gasteiger partial charge in [-0.2, -0.15) is 0 Å². The summed E-state index contributed by atoms with van der Waals surface area (Å²) in [7, 11) is 0. The molecule has 552 valence electrons. The van der Waals surface area contributed by atoms with E-state index in [0.29, 0.717) is 23.7 Å². The molecule has 15 fully saturated rings. The van der Waals surface area contributed by atoms with Gasteiger partial charge < -0.3 is 23.7 Å². The van der Waals surface area contributed by atoms with Crippen molar-refractivity contribution in [1.29, 1.82) is 0 Å². The summed E-state index contributed by atoms with van der Waals surface area (Å²) in [6.45, 7) is 44.5. The van der Waals surface area contributed by atoms with E-state index in [1.54, 1.807) is 0 Å². The Hall–Kier alpha value is -2.61. The number of esters is 3. The van der Waals surface area contributed by atoms with E-state index in [-0.39, 0.29) is 68.1 Å². The first-order valence-corrected chi connectivity index (χ1v) is 41.6. The van der Waals surface area contributed by atoms with Gasteiger partial charge >= 0.3 is 17.9 Å². The molecule has 0 spiro atoms. The summed E-state index contributed by atoms with van der Waals surface area (Å²) in [6, 6.07) is 8.92. The van der Waals surface area contributed by atoms with Gasteiger partial charge in [0.2, 0.25) is 6.29 Å². The standard InChI is InChI=1S/C29H44O2.C19H32O2.C17H28O2.C17H30O2.3C2H6/c1-3-21(2)26-9-11-27(12-10-26)31-28(30-14-13-22-7-5-4-6-8-22)29-18-23-15-24(19-29)17-25(16-23)20-29;1-6-17(2,3)16(20)21-18(4,5)19-10-13-7-14(11-19)9-15(8-13)12-19;1-5-16(2,3)15(18)19-17(4)13-7-11-6-12(9-13)10-14(17)8-11;1-5-16(2,3)15(18)19-17(4)12-8-10-13-9-6-7-11-14(13)17;3*1-2/h9-12,21-25,28H,3-8,13-20H2,1-2H3;13-15H,6-12H2,1-5H3;11-14H,5-10H2,1-4H3;13-14H,5-12H2,1-4H3;3*1-2H3. The Bertz CT molecular complexity index is 2430. The number of ether oxygens (including phenoxy) is 5. The van der Waals surface area contributed by atoms with E-state index in [2.05, 4.69) is 86.6 Å². The highest BCUT2D eigenvalue weighted by atomic mass is 16.7. The number of hydrogen-bond donors (Lipinski definition) is 0. The Kier molecular flexibility index (Phi) is 29.1. The number of carbonyl (C=O) groups is 3. The molecule has 16 rings (SSSR count).